The minimum Gasteiger partial charge on any atom is -0.352 e. The van der Waals surface area contributed by atoms with Gasteiger partial charge in [0.2, 0.25) is 11.8 Å². The summed E-state index contributed by atoms with van der Waals surface area (Å²) in [7, 11) is 0. The van der Waals surface area contributed by atoms with Crippen molar-refractivity contribution in [2.24, 2.45) is 0 Å². The highest BCUT2D eigenvalue weighted by atomic mass is 35.5. The molecule has 3 atom stereocenters. The molecule has 1 aromatic carbocycles. The lowest BCUT2D eigenvalue weighted by Crippen LogP contribution is -2.60. The first-order valence-electron chi connectivity index (χ1n) is 8.01. The van der Waals surface area contributed by atoms with Gasteiger partial charge in [0.25, 0.3) is 5.91 Å². The molecular formula is C17H20ClN3O3. The van der Waals surface area contributed by atoms with E-state index in [1.807, 2.05) is 0 Å². The summed E-state index contributed by atoms with van der Waals surface area (Å²) in [5, 5.41) is 3.43. The molecule has 7 heteroatoms. The van der Waals surface area contributed by atoms with Crippen LogP contribution in [0.15, 0.2) is 24.3 Å². The molecule has 2 aliphatic rings. The second-order valence-corrected chi connectivity index (χ2v) is 6.85. The molecule has 2 heterocycles. The van der Waals surface area contributed by atoms with Crippen LogP contribution in [-0.2, 0) is 9.59 Å². The van der Waals surface area contributed by atoms with Gasteiger partial charge in [-0.2, -0.15) is 0 Å². The largest absolute Gasteiger partial charge is 0.352 e. The molecule has 6 nitrogen and oxygen atoms in total. The first kappa shape index (κ1) is 16.8. The Kier molecular flexibility index (Phi) is 4.49. The predicted octanol–water partition coefficient (Wildman–Crippen LogP) is 1.29. The monoisotopic (exact) mass is 349 g/mol. The number of halogens is 1. The Bertz CT molecular complexity index is 676. The Morgan fingerprint density at radius 3 is 2.50 bits per heavy atom. The van der Waals surface area contributed by atoms with Crippen LogP contribution in [0.3, 0.4) is 0 Å². The fourth-order valence-electron chi connectivity index (χ4n) is 3.53. The van der Waals surface area contributed by atoms with Crippen molar-refractivity contribution >= 4 is 29.3 Å². The number of amides is 3. The maximum absolute atomic E-state index is 12.8. The first-order valence-corrected chi connectivity index (χ1v) is 8.38. The van der Waals surface area contributed by atoms with Crippen LogP contribution < -0.4 is 5.32 Å². The van der Waals surface area contributed by atoms with Crippen LogP contribution in [-0.4, -0.2) is 58.7 Å². The minimum absolute atomic E-state index is 0.0470. The number of rotatable bonds is 2. The summed E-state index contributed by atoms with van der Waals surface area (Å²) < 4.78 is 0. The molecule has 0 radical (unpaired) electrons. The molecule has 1 aromatic rings. The molecule has 2 saturated heterocycles. The van der Waals surface area contributed by atoms with E-state index in [1.165, 1.54) is 6.92 Å². The molecule has 3 rings (SSSR count). The second-order valence-electron chi connectivity index (χ2n) is 6.42. The summed E-state index contributed by atoms with van der Waals surface area (Å²) in [6.07, 6.45) is 0.669. The highest BCUT2D eigenvalue weighted by Gasteiger charge is 2.45. The smallest absolute Gasteiger partial charge is 0.254 e. The van der Waals surface area contributed by atoms with Gasteiger partial charge in [-0.3, -0.25) is 14.4 Å². The van der Waals surface area contributed by atoms with Gasteiger partial charge < -0.3 is 15.1 Å². The summed E-state index contributed by atoms with van der Waals surface area (Å²) in [6, 6.07) is 6.06. The van der Waals surface area contributed by atoms with E-state index in [2.05, 4.69) is 5.32 Å². The number of carbonyl (C=O) groups excluding carboxylic acids is 3. The van der Waals surface area contributed by atoms with E-state index in [1.54, 1.807) is 41.0 Å². The summed E-state index contributed by atoms with van der Waals surface area (Å²) >= 11 is 5.86. The van der Waals surface area contributed by atoms with Crippen molar-refractivity contribution in [3.8, 4) is 0 Å². The summed E-state index contributed by atoms with van der Waals surface area (Å²) in [4.78, 5) is 40.0. The first-order chi connectivity index (χ1) is 11.4. The Morgan fingerprint density at radius 1 is 1.21 bits per heavy atom. The molecule has 0 aliphatic carbocycles. The highest BCUT2D eigenvalue weighted by Crippen LogP contribution is 2.27. The molecule has 0 spiro atoms. The van der Waals surface area contributed by atoms with Crippen LogP contribution in [0.4, 0.5) is 0 Å². The van der Waals surface area contributed by atoms with Crippen molar-refractivity contribution in [2.75, 3.05) is 13.1 Å². The molecule has 0 saturated carbocycles. The molecule has 0 aromatic heterocycles. The van der Waals surface area contributed by atoms with Gasteiger partial charge in [0.1, 0.15) is 6.04 Å². The minimum atomic E-state index is -0.513. The number of hydrogen-bond acceptors (Lipinski definition) is 3. The lowest BCUT2D eigenvalue weighted by molar-refractivity contribution is -0.141. The summed E-state index contributed by atoms with van der Waals surface area (Å²) in [5.41, 5.74) is 0.518. The number of carbonyl (C=O) groups is 3. The predicted molar refractivity (Wildman–Crippen MR) is 89.7 cm³/mol. The molecule has 128 valence electrons. The zero-order valence-electron chi connectivity index (χ0n) is 13.7. The summed E-state index contributed by atoms with van der Waals surface area (Å²) in [6.45, 7) is 4.21. The molecule has 1 N–H and O–H groups in total. The third-order valence-electron chi connectivity index (χ3n) is 4.69. The Hall–Kier alpha value is -2.08. The van der Waals surface area contributed by atoms with Gasteiger partial charge in [-0.1, -0.05) is 11.6 Å². The second kappa shape index (κ2) is 6.43. The van der Waals surface area contributed by atoms with Crippen molar-refractivity contribution in [3.63, 3.8) is 0 Å². The quantitative estimate of drug-likeness (QED) is 0.874. The van der Waals surface area contributed by atoms with Crippen LogP contribution >= 0.6 is 11.6 Å². The van der Waals surface area contributed by atoms with E-state index < -0.39 is 6.04 Å². The van der Waals surface area contributed by atoms with Crippen molar-refractivity contribution in [3.05, 3.63) is 34.9 Å². The van der Waals surface area contributed by atoms with E-state index in [-0.39, 0.29) is 29.8 Å². The number of benzene rings is 1. The third-order valence-corrected chi connectivity index (χ3v) is 4.94. The molecule has 2 aliphatic heterocycles. The lowest BCUT2D eigenvalue weighted by atomic mass is 10.0. The van der Waals surface area contributed by atoms with Crippen molar-refractivity contribution in [1.82, 2.24) is 15.1 Å². The van der Waals surface area contributed by atoms with Gasteiger partial charge in [0.15, 0.2) is 0 Å². The average molecular weight is 350 g/mol. The zero-order valence-corrected chi connectivity index (χ0v) is 14.4. The molecule has 2 fully saturated rings. The van der Waals surface area contributed by atoms with Crippen molar-refractivity contribution in [1.29, 1.82) is 0 Å². The average Bonchev–Trinajstić information content (AvgIpc) is 2.93. The van der Waals surface area contributed by atoms with Gasteiger partial charge in [0.05, 0.1) is 6.04 Å². The number of hydrogen-bond donors (Lipinski definition) is 1. The Labute approximate surface area is 145 Å². The molecular weight excluding hydrogens is 330 g/mol. The third kappa shape index (κ3) is 3.11. The van der Waals surface area contributed by atoms with Gasteiger partial charge in [-0.15, -0.1) is 0 Å². The molecule has 0 unspecified atom stereocenters. The number of nitrogens with zero attached hydrogens (tertiary/aromatic N) is 2. The van der Waals surface area contributed by atoms with E-state index >= 15 is 0 Å². The molecule has 24 heavy (non-hydrogen) atoms. The van der Waals surface area contributed by atoms with Crippen LogP contribution in [0.1, 0.15) is 30.6 Å². The Balaban J connectivity index is 1.77. The fraction of sp³-hybridized carbons (Fsp3) is 0.471. The van der Waals surface area contributed by atoms with Gasteiger partial charge >= 0.3 is 0 Å². The number of piperazine rings is 1. The van der Waals surface area contributed by atoms with E-state index in [0.29, 0.717) is 30.1 Å². The fourth-order valence-corrected chi connectivity index (χ4v) is 3.65. The van der Waals surface area contributed by atoms with Crippen LogP contribution in [0, 0.1) is 0 Å². The Morgan fingerprint density at radius 2 is 1.88 bits per heavy atom. The van der Waals surface area contributed by atoms with Gasteiger partial charge in [-0.25, -0.2) is 0 Å². The van der Waals surface area contributed by atoms with Crippen molar-refractivity contribution < 1.29 is 14.4 Å². The molecule has 0 bridgehead atoms. The van der Waals surface area contributed by atoms with E-state index in [9.17, 15) is 14.4 Å². The van der Waals surface area contributed by atoms with Crippen LogP contribution in [0.5, 0.6) is 0 Å². The van der Waals surface area contributed by atoms with E-state index in [0.717, 1.165) is 0 Å². The maximum atomic E-state index is 12.8. The van der Waals surface area contributed by atoms with E-state index in [4.69, 9.17) is 11.6 Å². The molecule has 3 amide bonds. The van der Waals surface area contributed by atoms with Crippen LogP contribution in [0.25, 0.3) is 0 Å². The van der Waals surface area contributed by atoms with Crippen molar-refractivity contribution in [2.45, 2.75) is 38.4 Å². The SMILES string of the molecule is CC(=O)N[C@H]1C[C@H]2CN(C(=O)c3ccc(Cl)cc3)[C@@H](C)C(=O)N2C1. The number of fused-ring (bicyclic) bond motifs is 1. The zero-order chi connectivity index (χ0) is 17.4. The van der Waals surface area contributed by atoms with Gasteiger partial charge in [0, 0.05) is 36.6 Å². The van der Waals surface area contributed by atoms with Gasteiger partial charge in [-0.05, 0) is 37.6 Å². The topological polar surface area (TPSA) is 69.7 Å². The standard InChI is InChI=1S/C17H20ClN3O3/c1-10-16(23)21-8-14(19-11(2)22)7-15(21)9-20(10)17(24)12-3-5-13(18)6-4-12/h3-6,10,14-15H,7-9H2,1-2H3,(H,19,22)/t10-,14-,15-/m0/s1. The normalized spacial score (nSPS) is 26.3. The maximum Gasteiger partial charge on any atom is 0.254 e. The highest BCUT2D eigenvalue weighted by molar-refractivity contribution is 6.30. The lowest BCUT2D eigenvalue weighted by Gasteiger charge is -2.41. The van der Waals surface area contributed by atoms with Crippen LogP contribution in [0.2, 0.25) is 5.02 Å². The summed E-state index contributed by atoms with van der Waals surface area (Å²) in [5.74, 6) is -0.342. The number of nitrogens with one attached hydrogen (secondary N) is 1.